The number of benzene rings is 1. The molecule has 4 N–H and O–H groups in total. The predicted molar refractivity (Wildman–Crippen MR) is 115 cm³/mol. The number of nitrogens with zero attached hydrogens (tertiary/aromatic N) is 2. The van der Waals surface area contributed by atoms with Gasteiger partial charge in [-0.05, 0) is 11.5 Å². The van der Waals surface area contributed by atoms with Gasteiger partial charge in [0, 0.05) is 40.7 Å². The number of fused-ring (bicyclic) bond motifs is 2. The van der Waals surface area contributed by atoms with Crippen molar-refractivity contribution in [2.45, 2.75) is 39.9 Å². The number of imidazole rings is 1. The van der Waals surface area contributed by atoms with Gasteiger partial charge in [-0.1, -0.05) is 39.0 Å². The van der Waals surface area contributed by atoms with E-state index in [0.29, 0.717) is 12.2 Å². The fraction of sp³-hybridized carbons (Fsp3) is 0.381. The quantitative estimate of drug-likeness (QED) is 0.614. The lowest BCUT2D eigenvalue weighted by molar-refractivity contribution is -0.122. The first-order valence-electron chi connectivity index (χ1n) is 9.64. The summed E-state index contributed by atoms with van der Waals surface area (Å²) in [5.74, 6) is -0.140. The molecule has 3 heterocycles. The van der Waals surface area contributed by atoms with E-state index in [1.807, 2.05) is 32.9 Å². The molecule has 2 amide bonds. The molecule has 0 saturated carbocycles. The Kier molecular flexibility index (Phi) is 4.92. The van der Waals surface area contributed by atoms with Gasteiger partial charge in [-0.15, -0.1) is 11.3 Å². The maximum Gasteiger partial charge on any atom is 0.272 e. The van der Waals surface area contributed by atoms with Crippen molar-refractivity contribution in [3.63, 3.8) is 0 Å². The highest BCUT2D eigenvalue weighted by Gasteiger charge is 2.34. The Balaban J connectivity index is 1.77. The maximum absolute atomic E-state index is 13.1. The number of rotatable bonds is 4. The monoisotopic (exact) mass is 411 g/mol. The van der Waals surface area contributed by atoms with Crippen LogP contribution in [0.5, 0.6) is 0 Å². The van der Waals surface area contributed by atoms with E-state index in [4.69, 9.17) is 10.7 Å². The van der Waals surface area contributed by atoms with E-state index in [1.54, 1.807) is 11.3 Å². The summed E-state index contributed by atoms with van der Waals surface area (Å²) in [5, 5.41) is 9.33. The Morgan fingerprint density at radius 3 is 2.79 bits per heavy atom. The zero-order valence-corrected chi connectivity index (χ0v) is 17.6. The first-order chi connectivity index (χ1) is 13.8. The van der Waals surface area contributed by atoms with Crippen molar-refractivity contribution in [1.29, 1.82) is 0 Å². The predicted octanol–water partition coefficient (Wildman–Crippen LogP) is 2.50. The average Bonchev–Trinajstić information content (AvgIpc) is 3.26. The second-order valence-corrected chi connectivity index (χ2v) is 9.29. The molecule has 0 spiro atoms. The Labute approximate surface area is 173 Å². The molecule has 29 heavy (non-hydrogen) atoms. The summed E-state index contributed by atoms with van der Waals surface area (Å²) in [4.78, 5) is 29.8. The number of thiophene rings is 1. The maximum atomic E-state index is 13.1. The minimum Gasteiger partial charge on any atom is -0.368 e. The van der Waals surface area contributed by atoms with Crippen molar-refractivity contribution >= 4 is 33.2 Å². The zero-order valence-electron chi connectivity index (χ0n) is 16.8. The van der Waals surface area contributed by atoms with Crippen LogP contribution in [0.1, 0.15) is 37.0 Å². The van der Waals surface area contributed by atoms with E-state index in [-0.39, 0.29) is 5.91 Å². The fourth-order valence-electron chi connectivity index (χ4n) is 3.76. The molecule has 0 fully saturated rings. The lowest BCUT2D eigenvalue weighted by atomic mass is 9.86. The van der Waals surface area contributed by atoms with E-state index >= 15 is 0 Å². The highest BCUT2D eigenvalue weighted by Crippen LogP contribution is 2.35. The van der Waals surface area contributed by atoms with E-state index in [1.165, 1.54) is 4.70 Å². The minimum absolute atomic E-state index is 0.345. The number of carbonyl (C=O) groups excluding carboxylic acids is 2. The van der Waals surface area contributed by atoms with Crippen LogP contribution >= 0.6 is 11.3 Å². The molecule has 1 aromatic carbocycles. The second-order valence-electron chi connectivity index (χ2n) is 8.38. The summed E-state index contributed by atoms with van der Waals surface area (Å²) in [6.45, 7) is 7.70. The van der Waals surface area contributed by atoms with Crippen LogP contribution in [-0.4, -0.2) is 34.0 Å². The first-order valence-corrected chi connectivity index (χ1v) is 10.5. The molecule has 1 atom stereocenters. The number of nitrogens with one attached hydrogen (secondary N) is 2. The van der Waals surface area contributed by atoms with Gasteiger partial charge < -0.3 is 20.9 Å². The molecule has 7 nitrogen and oxygen atoms in total. The number of nitrogens with two attached hydrogens (primary N) is 1. The Morgan fingerprint density at radius 1 is 1.31 bits per heavy atom. The van der Waals surface area contributed by atoms with Crippen LogP contribution in [0.2, 0.25) is 0 Å². The smallest absolute Gasteiger partial charge is 0.272 e. The topological polar surface area (TPSA) is 102 Å². The Morgan fingerprint density at radius 2 is 2.07 bits per heavy atom. The van der Waals surface area contributed by atoms with Gasteiger partial charge in [0.2, 0.25) is 5.91 Å². The second kappa shape index (κ2) is 7.27. The molecule has 0 saturated heterocycles. The molecule has 152 valence electrons. The molecule has 1 aliphatic heterocycles. The molecule has 3 aromatic rings. The van der Waals surface area contributed by atoms with Gasteiger partial charge in [0.05, 0.1) is 5.69 Å². The molecule has 8 heteroatoms. The third-order valence-electron chi connectivity index (χ3n) is 5.24. The van der Waals surface area contributed by atoms with E-state index in [0.717, 1.165) is 35.6 Å². The van der Waals surface area contributed by atoms with E-state index < -0.39 is 17.4 Å². The van der Waals surface area contributed by atoms with Crippen molar-refractivity contribution in [1.82, 2.24) is 20.2 Å². The summed E-state index contributed by atoms with van der Waals surface area (Å²) in [7, 11) is 0. The van der Waals surface area contributed by atoms with Crippen LogP contribution in [0.25, 0.3) is 21.5 Å². The standard InChI is InChI=1S/C21H25N5O2S/c1-21(2,3)17(18(22)27)25-20(28)16-14-10-23-8-9-26(14)19(24-16)13-11-29-15-7-5-4-6-12(13)15/h4-7,11,17,23H,8-10H2,1-3H3,(H2,22,27)(H,25,28). The van der Waals surface area contributed by atoms with Gasteiger partial charge in [-0.2, -0.15) is 0 Å². The summed E-state index contributed by atoms with van der Waals surface area (Å²) in [5.41, 5.74) is 7.25. The zero-order chi connectivity index (χ0) is 20.8. The molecule has 1 unspecified atom stereocenters. The SMILES string of the molecule is CC(C)(C)C(NC(=O)c1nc(-c2csc3ccccc23)n2c1CNCC2)C(N)=O. The summed E-state index contributed by atoms with van der Waals surface area (Å²) < 4.78 is 3.29. The fourth-order valence-corrected chi connectivity index (χ4v) is 4.70. The summed E-state index contributed by atoms with van der Waals surface area (Å²) in [6.07, 6.45) is 0. The number of aromatic nitrogens is 2. The number of carbonyl (C=O) groups is 2. The van der Waals surface area contributed by atoms with Crippen molar-refractivity contribution in [3.8, 4) is 11.4 Å². The average molecular weight is 412 g/mol. The van der Waals surface area contributed by atoms with Crippen molar-refractivity contribution in [2.24, 2.45) is 11.1 Å². The van der Waals surface area contributed by atoms with Gasteiger partial charge in [0.1, 0.15) is 11.9 Å². The van der Waals surface area contributed by atoms with Crippen molar-refractivity contribution < 1.29 is 9.59 Å². The highest BCUT2D eigenvalue weighted by atomic mass is 32.1. The lowest BCUT2D eigenvalue weighted by Crippen LogP contribution is -2.52. The van der Waals surface area contributed by atoms with Gasteiger partial charge in [-0.3, -0.25) is 9.59 Å². The Hall–Kier alpha value is -2.71. The van der Waals surface area contributed by atoms with Gasteiger partial charge >= 0.3 is 0 Å². The van der Waals surface area contributed by atoms with Crippen LogP contribution in [0, 0.1) is 5.41 Å². The van der Waals surface area contributed by atoms with Gasteiger partial charge in [-0.25, -0.2) is 4.98 Å². The molecule has 1 aliphatic rings. The van der Waals surface area contributed by atoms with Crippen molar-refractivity contribution in [2.75, 3.05) is 6.54 Å². The van der Waals surface area contributed by atoms with Gasteiger partial charge in [0.25, 0.3) is 5.91 Å². The highest BCUT2D eigenvalue weighted by molar-refractivity contribution is 7.17. The molecule has 0 bridgehead atoms. The number of amides is 2. The third kappa shape index (κ3) is 3.54. The van der Waals surface area contributed by atoms with E-state index in [2.05, 4.69) is 32.7 Å². The molecule has 2 aromatic heterocycles. The first kappa shape index (κ1) is 19.6. The van der Waals surface area contributed by atoms with Crippen LogP contribution < -0.4 is 16.4 Å². The molecular formula is C21H25N5O2S. The van der Waals surface area contributed by atoms with Crippen LogP contribution in [-0.2, 0) is 17.9 Å². The lowest BCUT2D eigenvalue weighted by Gasteiger charge is -2.28. The largest absolute Gasteiger partial charge is 0.368 e. The Bertz CT molecular complexity index is 1090. The molecule has 4 rings (SSSR count). The number of primary amides is 1. The molecule has 0 radical (unpaired) electrons. The summed E-state index contributed by atoms with van der Waals surface area (Å²) in [6, 6.07) is 7.40. The third-order valence-corrected chi connectivity index (χ3v) is 6.20. The van der Waals surface area contributed by atoms with Crippen molar-refractivity contribution in [3.05, 3.63) is 41.0 Å². The van der Waals surface area contributed by atoms with Crippen LogP contribution in [0.15, 0.2) is 29.6 Å². The molecular weight excluding hydrogens is 386 g/mol. The van der Waals surface area contributed by atoms with Crippen LogP contribution in [0.3, 0.4) is 0 Å². The summed E-state index contributed by atoms with van der Waals surface area (Å²) >= 11 is 1.66. The van der Waals surface area contributed by atoms with Crippen LogP contribution in [0.4, 0.5) is 0 Å². The number of hydrogen-bond donors (Lipinski definition) is 3. The van der Waals surface area contributed by atoms with Gasteiger partial charge in [0.15, 0.2) is 5.69 Å². The molecule has 0 aliphatic carbocycles. The number of hydrogen-bond acceptors (Lipinski definition) is 5. The normalized spacial score (nSPS) is 15.1. The minimum atomic E-state index is -0.783. The van der Waals surface area contributed by atoms with E-state index in [9.17, 15) is 9.59 Å².